The highest BCUT2D eigenvalue weighted by molar-refractivity contribution is 5.46. The Morgan fingerprint density at radius 1 is 1.08 bits per heavy atom. The molecule has 1 rings (SSSR count). The lowest BCUT2D eigenvalue weighted by Gasteiger charge is -2.23. The Kier molecular flexibility index (Phi) is 1.92. The standard InChI is InChI=1S/C11H20O/c1-7-8(10(2,3)4)9(7)11(5,6)12/h9,12H,1-6H3. The molecule has 1 aliphatic carbocycles. The Labute approximate surface area is 75.5 Å². The van der Waals surface area contributed by atoms with Gasteiger partial charge in [-0.15, -0.1) is 0 Å². The third-order valence-electron chi connectivity index (χ3n) is 2.58. The van der Waals surface area contributed by atoms with Crippen molar-refractivity contribution in [2.75, 3.05) is 0 Å². The summed E-state index contributed by atoms with van der Waals surface area (Å²) in [6.45, 7) is 12.5. The Bertz CT molecular complexity index is 222. The van der Waals surface area contributed by atoms with Gasteiger partial charge in [-0.1, -0.05) is 31.9 Å². The zero-order valence-electron chi connectivity index (χ0n) is 9.02. The zero-order valence-corrected chi connectivity index (χ0v) is 9.02. The van der Waals surface area contributed by atoms with Crippen LogP contribution in [0.25, 0.3) is 0 Å². The summed E-state index contributed by atoms with van der Waals surface area (Å²) in [5.74, 6) is 0.331. The average Bonchev–Trinajstić information content (AvgIpc) is 2.35. The summed E-state index contributed by atoms with van der Waals surface area (Å²) in [5.41, 5.74) is 2.49. The molecule has 0 aromatic carbocycles. The van der Waals surface area contributed by atoms with E-state index in [2.05, 4.69) is 27.7 Å². The molecule has 1 atom stereocenters. The number of hydrogen-bond acceptors (Lipinski definition) is 1. The summed E-state index contributed by atoms with van der Waals surface area (Å²) in [7, 11) is 0. The smallest absolute Gasteiger partial charge is 0.0694 e. The first-order valence-corrected chi connectivity index (χ1v) is 4.59. The van der Waals surface area contributed by atoms with Crippen LogP contribution in [0.5, 0.6) is 0 Å². The molecule has 1 N–H and O–H groups in total. The second kappa shape index (κ2) is 2.35. The second-order valence-corrected chi connectivity index (χ2v) is 5.43. The van der Waals surface area contributed by atoms with Gasteiger partial charge in [-0.2, -0.15) is 0 Å². The first-order chi connectivity index (χ1) is 5.15. The molecule has 0 saturated carbocycles. The van der Waals surface area contributed by atoms with E-state index < -0.39 is 5.60 Å². The van der Waals surface area contributed by atoms with Crippen molar-refractivity contribution in [3.05, 3.63) is 11.1 Å². The highest BCUT2D eigenvalue weighted by Crippen LogP contribution is 2.54. The van der Waals surface area contributed by atoms with E-state index in [1.54, 1.807) is 0 Å². The lowest BCUT2D eigenvalue weighted by molar-refractivity contribution is 0.0577. The van der Waals surface area contributed by atoms with Crippen LogP contribution in [-0.2, 0) is 0 Å². The minimum Gasteiger partial charge on any atom is -0.390 e. The van der Waals surface area contributed by atoms with Gasteiger partial charge in [-0.25, -0.2) is 0 Å². The fraction of sp³-hybridized carbons (Fsp3) is 0.818. The van der Waals surface area contributed by atoms with Crippen molar-refractivity contribution in [2.24, 2.45) is 11.3 Å². The third kappa shape index (κ3) is 1.56. The quantitative estimate of drug-likeness (QED) is 0.597. The van der Waals surface area contributed by atoms with Crippen LogP contribution in [0.4, 0.5) is 0 Å². The molecule has 0 bridgehead atoms. The molecule has 0 aliphatic heterocycles. The largest absolute Gasteiger partial charge is 0.390 e. The predicted octanol–water partition coefficient (Wildman–Crippen LogP) is 2.75. The minimum atomic E-state index is -0.563. The number of hydrogen-bond donors (Lipinski definition) is 1. The monoisotopic (exact) mass is 168 g/mol. The maximum atomic E-state index is 9.82. The van der Waals surface area contributed by atoms with Crippen molar-refractivity contribution >= 4 is 0 Å². The molecule has 1 unspecified atom stereocenters. The Morgan fingerprint density at radius 3 is 1.58 bits per heavy atom. The molecule has 1 aliphatic rings. The summed E-state index contributed by atoms with van der Waals surface area (Å²) < 4.78 is 0. The van der Waals surface area contributed by atoms with Gasteiger partial charge in [0, 0.05) is 5.92 Å². The van der Waals surface area contributed by atoms with Gasteiger partial charge in [-0.05, 0) is 26.2 Å². The van der Waals surface area contributed by atoms with Gasteiger partial charge < -0.3 is 5.11 Å². The molecular formula is C11H20O. The summed E-state index contributed by atoms with van der Waals surface area (Å²) >= 11 is 0. The van der Waals surface area contributed by atoms with Gasteiger partial charge >= 0.3 is 0 Å². The highest BCUT2D eigenvalue weighted by atomic mass is 16.3. The number of aliphatic hydroxyl groups is 1. The van der Waals surface area contributed by atoms with Gasteiger partial charge in [0.1, 0.15) is 0 Å². The Hall–Kier alpha value is -0.300. The van der Waals surface area contributed by atoms with Gasteiger partial charge in [0.05, 0.1) is 5.60 Å². The van der Waals surface area contributed by atoms with Crippen molar-refractivity contribution in [3.63, 3.8) is 0 Å². The Balaban J connectivity index is 2.76. The van der Waals surface area contributed by atoms with Gasteiger partial charge in [0.2, 0.25) is 0 Å². The summed E-state index contributed by atoms with van der Waals surface area (Å²) in [6, 6.07) is 0. The molecule has 0 spiro atoms. The fourth-order valence-electron chi connectivity index (χ4n) is 2.24. The average molecular weight is 168 g/mol. The highest BCUT2D eigenvalue weighted by Gasteiger charge is 2.47. The third-order valence-corrected chi connectivity index (χ3v) is 2.58. The van der Waals surface area contributed by atoms with E-state index in [9.17, 15) is 5.11 Å². The van der Waals surface area contributed by atoms with Crippen molar-refractivity contribution < 1.29 is 5.11 Å². The van der Waals surface area contributed by atoms with Gasteiger partial charge in [-0.3, -0.25) is 0 Å². The van der Waals surface area contributed by atoms with Gasteiger partial charge in [0.25, 0.3) is 0 Å². The van der Waals surface area contributed by atoms with Crippen LogP contribution >= 0.6 is 0 Å². The van der Waals surface area contributed by atoms with Crippen LogP contribution in [0.2, 0.25) is 0 Å². The zero-order chi connectivity index (χ0) is 9.73. The maximum absolute atomic E-state index is 9.82. The fourth-order valence-corrected chi connectivity index (χ4v) is 2.24. The second-order valence-electron chi connectivity index (χ2n) is 5.43. The van der Waals surface area contributed by atoms with E-state index in [1.807, 2.05) is 13.8 Å². The molecule has 12 heavy (non-hydrogen) atoms. The topological polar surface area (TPSA) is 20.2 Å². The molecule has 1 nitrogen and oxygen atoms in total. The van der Waals surface area contributed by atoms with E-state index in [0.717, 1.165) is 0 Å². The van der Waals surface area contributed by atoms with Crippen LogP contribution in [0.1, 0.15) is 41.5 Å². The first kappa shape index (κ1) is 9.79. The molecule has 0 radical (unpaired) electrons. The Morgan fingerprint density at radius 2 is 1.50 bits per heavy atom. The van der Waals surface area contributed by atoms with E-state index in [4.69, 9.17) is 0 Å². The molecule has 0 heterocycles. The summed E-state index contributed by atoms with van der Waals surface area (Å²) in [5, 5.41) is 9.82. The molecule has 70 valence electrons. The number of rotatable bonds is 1. The lowest BCUT2D eigenvalue weighted by atomic mass is 9.86. The molecule has 0 fully saturated rings. The van der Waals surface area contributed by atoms with Crippen molar-refractivity contribution in [1.82, 2.24) is 0 Å². The molecule has 0 aromatic heterocycles. The van der Waals surface area contributed by atoms with Crippen LogP contribution < -0.4 is 0 Å². The molecular weight excluding hydrogens is 148 g/mol. The van der Waals surface area contributed by atoms with E-state index in [-0.39, 0.29) is 5.41 Å². The van der Waals surface area contributed by atoms with Crippen molar-refractivity contribution in [3.8, 4) is 0 Å². The van der Waals surface area contributed by atoms with Crippen LogP contribution in [0.3, 0.4) is 0 Å². The van der Waals surface area contributed by atoms with Crippen LogP contribution in [0.15, 0.2) is 11.1 Å². The molecule has 0 aromatic rings. The van der Waals surface area contributed by atoms with E-state index >= 15 is 0 Å². The molecule has 1 heteroatoms. The molecule has 0 amide bonds. The molecule has 0 saturated heterocycles. The van der Waals surface area contributed by atoms with Gasteiger partial charge in [0.15, 0.2) is 0 Å². The lowest BCUT2D eigenvalue weighted by Crippen LogP contribution is -2.26. The van der Waals surface area contributed by atoms with Crippen molar-refractivity contribution in [2.45, 2.75) is 47.1 Å². The normalized spacial score (nSPS) is 24.8. The maximum Gasteiger partial charge on any atom is 0.0694 e. The summed E-state index contributed by atoms with van der Waals surface area (Å²) in [6.07, 6.45) is 0. The van der Waals surface area contributed by atoms with E-state index in [0.29, 0.717) is 5.92 Å². The first-order valence-electron chi connectivity index (χ1n) is 4.59. The predicted molar refractivity (Wildman–Crippen MR) is 51.9 cm³/mol. The minimum absolute atomic E-state index is 0.231. The van der Waals surface area contributed by atoms with Crippen molar-refractivity contribution in [1.29, 1.82) is 0 Å². The SMILES string of the molecule is CC1=C(C(C)(C)C)C1C(C)(C)O. The van der Waals surface area contributed by atoms with Crippen LogP contribution in [0, 0.1) is 11.3 Å². The summed E-state index contributed by atoms with van der Waals surface area (Å²) in [4.78, 5) is 0. The van der Waals surface area contributed by atoms with Crippen LogP contribution in [-0.4, -0.2) is 10.7 Å². The van der Waals surface area contributed by atoms with E-state index in [1.165, 1.54) is 11.1 Å².